The lowest BCUT2D eigenvalue weighted by molar-refractivity contribution is 0.266. The molecule has 0 aliphatic carbocycles. The van der Waals surface area contributed by atoms with E-state index in [0.717, 1.165) is 17.7 Å². The average Bonchev–Trinajstić information content (AvgIpc) is 2.50. The molecule has 1 rings (SSSR count). The quantitative estimate of drug-likeness (QED) is 0.679. The second-order valence-electron chi connectivity index (χ2n) is 2.44. The summed E-state index contributed by atoms with van der Waals surface area (Å²) in [5.41, 5.74) is 6.52. The Hall–Kier alpha value is -0.800. The van der Waals surface area contributed by atoms with Gasteiger partial charge in [-0.2, -0.15) is 0 Å². The number of nitrogens with two attached hydrogens (primary N) is 1. The number of aryl methyl sites for hydroxylation is 1. The molecule has 1 heterocycles. The molecule has 1 aromatic rings. The number of aliphatic hydroxyl groups excluding tert-OH is 1. The van der Waals surface area contributed by atoms with Crippen molar-refractivity contribution in [3.63, 3.8) is 0 Å². The predicted molar refractivity (Wildman–Crippen MR) is 42.1 cm³/mol. The highest BCUT2D eigenvalue weighted by atomic mass is 16.3. The van der Waals surface area contributed by atoms with Crippen molar-refractivity contribution in [2.24, 2.45) is 5.73 Å². The van der Waals surface area contributed by atoms with Gasteiger partial charge in [0.25, 0.3) is 0 Å². The van der Waals surface area contributed by atoms with Crippen LogP contribution in [0.15, 0.2) is 16.7 Å². The van der Waals surface area contributed by atoms with Crippen LogP contribution in [0.3, 0.4) is 0 Å². The fourth-order valence-electron chi connectivity index (χ4n) is 1.07. The van der Waals surface area contributed by atoms with Crippen LogP contribution in [0.5, 0.6) is 0 Å². The van der Waals surface area contributed by atoms with E-state index in [-0.39, 0.29) is 12.6 Å². The summed E-state index contributed by atoms with van der Waals surface area (Å²) in [6.45, 7) is 1.96. The highest BCUT2D eigenvalue weighted by Crippen LogP contribution is 2.17. The lowest BCUT2D eigenvalue weighted by atomic mass is 10.1. The number of aliphatic hydroxyl groups is 1. The molecule has 3 N–H and O–H groups in total. The number of furan rings is 1. The van der Waals surface area contributed by atoms with Crippen LogP contribution in [0.1, 0.15) is 24.3 Å². The molecular formula is C8H13NO2. The summed E-state index contributed by atoms with van der Waals surface area (Å²) in [6.07, 6.45) is 2.42. The van der Waals surface area contributed by atoms with Gasteiger partial charge in [0.15, 0.2) is 0 Å². The molecule has 0 fully saturated rings. The molecule has 0 aliphatic heterocycles. The van der Waals surface area contributed by atoms with Crippen molar-refractivity contribution in [2.45, 2.75) is 19.4 Å². The normalized spacial score (nSPS) is 13.4. The van der Waals surface area contributed by atoms with E-state index in [4.69, 9.17) is 15.3 Å². The van der Waals surface area contributed by atoms with Crippen molar-refractivity contribution >= 4 is 0 Å². The Balaban J connectivity index is 2.83. The van der Waals surface area contributed by atoms with E-state index in [1.54, 1.807) is 12.3 Å². The lowest BCUT2D eigenvalue weighted by Crippen LogP contribution is -2.14. The SMILES string of the molecule is CCc1occc1[C@@H](N)CO. The first kappa shape index (κ1) is 8.30. The van der Waals surface area contributed by atoms with E-state index in [1.807, 2.05) is 6.92 Å². The molecule has 1 atom stereocenters. The van der Waals surface area contributed by atoms with Crippen LogP contribution in [0, 0.1) is 0 Å². The zero-order chi connectivity index (χ0) is 8.27. The van der Waals surface area contributed by atoms with Gasteiger partial charge in [-0.05, 0) is 6.07 Å². The molecule has 11 heavy (non-hydrogen) atoms. The van der Waals surface area contributed by atoms with Gasteiger partial charge in [0.05, 0.1) is 18.9 Å². The zero-order valence-corrected chi connectivity index (χ0v) is 6.58. The summed E-state index contributed by atoms with van der Waals surface area (Å²) in [5.74, 6) is 0.867. The molecule has 0 saturated heterocycles. The smallest absolute Gasteiger partial charge is 0.108 e. The van der Waals surface area contributed by atoms with Gasteiger partial charge in [-0.15, -0.1) is 0 Å². The van der Waals surface area contributed by atoms with E-state index in [1.165, 1.54) is 0 Å². The minimum Gasteiger partial charge on any atom is -0.469 e. The predicted octanol–water partition coefficient (Wildman–Crippen LogP) is 0.834. The molecule has 0 spiro atoms. The summed E-state index contributed by atoms with van der Waals surface area (Å²) >= 11 is 0. The minimum absolute atomic E-state index is 0.0352. The van der Waals surface area contributed by atoms with Crippen LogP contribution in [0.25, 0.3) is 0 Å². The van der Waals surface area contributed by atoms with Gasteiger partial charge >= 0.3 is 0 Å². The first-order chi connectivity index (χ1) is 5.29. The fraction of sp³-hybridized carbons (Fsp3) is 0.500. The van der Waals surface area contributed by atoms with Crippen molar-refractivity contribution in [3.8, 4) is 0 Å². The molecular weight excluding hydrogens is 142 g/mol. The Kier molecular flexibility index (Phi) is 2.68. The van der Waals surface area contributed by atoms with Gasteiger partial charge in [-0.3, -0.25) is 0 Å². The molecule has 0 aromatic carbocycles. The van der Waals surface area contributed by atoms with Crippen LogP contribution >= 0.6 is 0 Å². The molecule has 3 nitrogen and oxygen atoms in total. The highest BCUT2D eigenvalue weighted by Gasteiger charge is 2.10. The standard InChI is InChI=1S/C8H13NO2/c1-2-8-6(3-4-11-8)7(9)5-10/h3-4,7,10H,2,5,9H2,1H3/t7-/m0/s1. The third kappa shape index (κ3) is 1.61. The van der Waals surface area contributed by atoms with E-state index in [2.05, 4.69) is 0 Å². The second kappa shape index (κ2) is 3.55. The van der Waals surface area contributed by atoms with E-state index < -0.39 is 0 Å². The molecule has 0 radical (unpaired) electrons. The molecule has 0 amide bonds. The summed E-state index contributed by atoms with van der Waals surface area (Å²) in [5, 5.41) is 8.76. The summed E-state index contributed by atoms with van der Waals surface area (Å²) in [7, 11) is 0. The van der Waals surface area contributed by atoms with Gasteiger partial charge in [-0.25, -0.2) is 0 Å². The van der Waals surface area contributed by atoms with Crippen LogP contribution in [0.4, 0.5) is 0 Å². The first-order valence-electron chi connectivity index (χ1n) is 3.72. The van der Waals surface area contributed by atoms with Crippen molar-refractivity contribution in [3.05, 3.63) is 23.7 Å². The number of hydrogen-bond donors (Lipinski definition) is 2. The molecule has 0 aliphatic rings. The van der Waals surface area contributed by atoms with E-state index in [9.17, 15) is 0 Å². The Morgan fingerprint density at radius 2 is 2.45 bits per heavy atom. The summed E-state index contributed by atoms with van der Waals surface area (Å²) in [4.78, 5) is 0. The van der Waals surface area contributed by atoms with Crippen LogP contribution in [0.2, 0.25) is 0 Å². The summed E-state index contributed by atoms with van der Waals surface area (Å²) < 4.78 is 5.15. The first-order valence-corrected chi connectivity index (χ1v) is 3.72. The largest absolute Gasteiger partial charge is 0.469 e. The fourth-order valence-corrected chi connectivity index (χ4v) is 1.07. The molecule has 0 saturated carbocycles. The monoisotopic (exact) mass is 155 g/mol. The van der Waals surface area contributed by atoms with Crippen LogP contribution < -0.4 is 5.73 Å². The van der Waals surface area contributed by atoms with Crippen molar-refractivity contribution in [1.29, 1.82) is 0 Å². The van der Waals surface area contributed by atoms with E-state index in [0.29, 0.717) is 0 Å². The minimum atomic E-state index is -0.302. The maximum Gasteiger partial charge on any atom is 0.108 e. The van der Waals surface area contributed by atoms with Crippen molar-refractivity contribution in [1.82, 2.24) is 0 Å². The zero-order valence-electron chi connectivity index (χ0n) is 6.58. The second-order valence-corrected chi connectivity index (χ2v) is 2.44. The van der Waals surface area contributed by atoms with Crippen molar-refractivity contribution < 1.29 is 9.52 Å². The topological polar surface area (TPSA) is 59.4 Å². The third-order valence-electron chi connectivity index (χ3n) is 1.70. The number of rotatable bonds is 3. The Morgan fingerprint density at radius 3 is 3.00 bits per heavy atom. The Morgan fingerprint density at radius 1 is 1.73 bits per heavy atom. The average molecular weight is 155 g/mol. The van der Waals surface area contributed by atoms with Crippen molar-refractivity contribution in [2.75, 3.05) is 6.61 Å². The number of hydrogen-bond acceptors (Lipinski definition) is 3. The molecule has 62 valence electrons. The maximum absolute atomic E-state index is 8.76. The third-order valence-corrected chi connectivity index (χ3v) is 1.70. The molecule has 3 heteroatoms. The Bertz CT molecular complexity index is 220. The molecule has 0 bridgehead atoms. The van der Waals surface area contributed by atoms with Crippen LogP contribution in [-0.2, 0) is 6.42 Å². The highest BCUT2D eigenvalue weighted by molar-refractivity contribution is 5.20. The molecule has 0 unspecified atom stereocenters. The Labute approximate surface area is 65.8 Å². The van der Waals surface area contributed by atoms with Crippen LogP contribution in [-0.4, -0.2) is 11.7 Å². The maximum atomic E-state index is 8.76. The van der Waals surface area contributed by atoms with Gasteiger partial charge in [-0.1, -0.05) is 6.92 Å². The lowest BCUT2D eigenvalue weighted by Gasteiger charge is -2.06. The van der Waals surface area contributed by atoms with Gasteiger partial charge in [0.2, 0.25) is 0 Å². The molecule has 1 aromatic heterocycles. The van der Waals surface area contributed by atoms with Gasteiger partial charge < -0.3 is 15.3 Å². The van der Waals surface area contributed by atoms with Gasteiger partial charge in [0.1, 0.15) is 5.76 Å². The van der Waals surface area contributed by atoms with E-state index >= 15 is 0 Å². The summed E-state index contributed by atoms with van der Waals surface area (Å²) in [6, 6.07) is 1.50. The van der Waals surface area contributed by atoms with Gasteiger partial charge in [0, 0.05) is 12.0 Å².